The van der Waals surface area contributed by atoms with E-state index in [4.69, 9.17) is 27.9 Å². The second-order valence-corrected chi connectivity index (χ2v) is 9.11. The number of benzene rings is 2. The number of halogens is 2. The topological polar surface area (TPSA) is 66.9 Å². The van der Waals surface area contributed by atoms with Gasteiger partial charge >= 0.3 is 0 Å². The van der Waals surface area contributed by atoms with Crippen molar-refractivity contribution >= 4 is 44.8 Å². The summed E-state index contributed by atoms with van der Waals surface area (Å²) < 4.78 is 31.3. The van der Waals surface area contributed by atoms with Gasteiger partial charge in [0.1, 0.15) is 5.75 Å². The van der Waals surface area contributed by atoms with Crippen molar-refractivity contribution in [3.05, 3.63) is 58.1 Å². The molecule has 0 saturated carbocycles. The average molecular weight is 429 g/mol. The van der Waals surface area contributed by atoms with Crippen molar-refractivity contribution in [2.45, 2.75) is 12.6 Å². The van der Waals surface area contributed by atoms with Crippen molar-refractivity contribution in [3.8, 4) is 5.75 Å². The van der Waals surface area contributed by atoms with Crippen LogP contribution in [0.25, 0.3) is 0 Å². The SMILES string of the molecule is CN(Cc1ccc(Cl)cc1)C(=O)[C@H]1CN(S(C)(=O)=O)c2cc(Cl)ccc2O1. The van der Waals surface area contributed by atoms with Crippen LogP contribution < -0.4 is 9.04 Å². The number of hydrogen-bond acceptors (Lipinski definition) is 4. The van der Waals surface area contributed by atoms with E-state index >= 15 is 0 Å². The Hall–Kier alpha value is -1.96. The standard InChI is InChI=1S/C18H18Cl2N2O4S/c1-21(10-12-3-5-13(19)6-4-12)18(23)17-11-22(27(2,24)25)15-9-14(20)7-8-16(15)26-17/h3-9,17H,10-11H2,1-2H3/t17-/m1/s1. The summed E-state index contributed by atoms with van der Waals surface area (Å²) in [5.41, 5.74) is 1.23. The molecule has 3 rings (SSSR count). The number of nitrogens with zero attached hydrogens (tertiary/aromatic N) is 2. The van der Waals surface area contributed by atoms with Gasteiger partial charge in [0.05, 0.1) is 18.5 Å². The molecule has 0 aromatic heterocycles. The zero-order valence-electron chi connectivity index (χ0n) is 14.7. The Labute approximate surface area is 168 Å². The van der Waals surface area contributed by atoms with Gasteiger partial charge in [-0.15, -0.1) is 0 Å². The van der Waals surface area contributed by atoms with E-state index in [0.717, 1.165) is 16.1 Å². The zero-order valence-corrected chi connectivity index (χ0v) is 17.1. The summed E-state index contributed by atoms with van der Waals surface area (Å²) in [6.07, 6.45) is 0.132. The second-order valence-electron chi connectivity index (χ2n) is 6.33. The van der Waals surface area contributed by atoms with Crippen LogP contribution >= 0.6 is 23.2 Å². The highest BCUT2D eigenvalue weighted by molar-refractivity contribution is 7.92. The first-order valence-electron chi connectivity index (χ1n) is 8.08. The fourth-order valence-corrected chi connectivity index (χ4v) is 4.05. The summed E-state index contributed by atoms with van der Waals surface area (Å²) in [6, 6.07) is 11.8. The summed E-state index contributed by atoms with van der Waals surface area (Å²) in [7, 11) is -1.96. The van der Waals surface area contributed by atoms with E-state index < -0.39 is 16.1 Å². The molecular formula is C18H18Cl2N2O4S. The molecule has 1 aliphatic heterocycles. The number of amides is 1. The summed E-state index contributed by atoms with van der Waals surface area (Å²) in [5.74, 6) is -0.0199. The maximum Gasteiger partial charge on any atom is 0.265 e. The Balaban J connectivity index is 1.83. The predicted octanol–water partition coefficient (Wildman–Crippen LogP) is 3.18. The number of fused-ring (bicyclic) bond motifs is 1. The summed E-state index contributed by atoms with van der Waals surface area (Å²) in [4.78, 5) is 14.3. The third-order valence-corrected chi connectivity index (χ3v) is 5.81. The van der Waals surface area contributed by atoms with Gasteiger partial charge in [-0.05, 0) is 35.9 Å². The minimum atomic E-state index is -3.60. The van der Waals surface area contributed by atoms with E-state index in [9.17, 15) is 13.2 Å². The largest absolute Gasteiger partial charge is 0.476 e. The lowest BCUT2D eigenvalue weighted by Gasteiger charge is -2.35. The molecule has 1 amide bonds. The molecule has 0 N–H and O–H groups in total. The van der Waals surface area contributed by atoms with Crippen LogP contribution in [0.15, 0.2) is 42.5 Å². The molecule has 27 heavy (non-hydrogen) atoms. The molecule has 6 nitrogen and oxygen atoms in total. The number of carbonyl (C=O) groups is 1. The molecule has 1 atom stereocenters. The molecule has 1 heterocycles. The normalized spacial score (nSPS) is 16.4. The summed E-state index contributed by atoms with van der Waals surface area (Å²) in [5, 5.41) is 0.998. The molecule has 0 spiro atoms. The van der Waals surface area contributed by atoms with Crippen molar-refractivity contribution in [1.29, 1.82) is 0 Å². The van der Waals surface area contributed by atoms with E-state index in [-0.39, 0.29) is 12.5 Å². The Morgan fingerprint density at radius 2 is 1.81 bits per heavy atom. The Morgan fingerprint density at radius 3 is 2.44 bits per heavy atom. The Kier molecular flexibility index (Phi) is 5.55. The van der Waals surface area contributed by atoms with Crippen LogP contribution in [0.4, 0.5) is 5.69 Å². The highest BCUT2D eigenvalue weighted by Crippen LogP contribution is 2.37. The number of ether oxygens (including phenoxy) is 1. The number of likely N-dealkylation sites (N-methyl/N-ethyl adjacent to an activating group) is 1. The number of sulfonamides is 1. The van der Waals surface area contributed by atoms with Crippen molar-refractivity contribution < 1.29 is 17.9 Å². The van der Waals surface area contributed by atoms with E-state index in [0.29, 0.717) is 28.0 Å². The smallest absolute Gasteiger partial charge is 0.265 e. The maximum atomic E-state index is 12.8. The van der Waals surface area contributed by atoms with Gasteiger partial charge in [0.15, 0.2) is 6.10 Å². The summed E-state index contributed by atoms with van der Waals surface area (Å²) in [6.45, 7) is 0.234. The van der Waals surface area contributed by atoms with Gasteiger partial charge < -0.3 is 9.64 Å². The molecular weight excluding hydrogens is 411 g/mol. The Morgan fingerprint density at radius 1 is 1.19 bits per heavy atom. The average Bonchev–Trinajstić information content (AvgIpc) is 2.61. The van der Waals surface area contributed by atoms with Crippen LogP contribution in [0.3, 0.4) is 0 Å². The van der Waals surface area contributed by atoms with Crippen LogP contribution in [0.2, 0.25) is 10.0 Å². The van der Waals surface area contributed by atoms with E-state index in [2.05, 4.69) is 0 Å². The van der Waals surface area contributed by atoms with Crippen molar-refractivity contribution in [1.82, 2.24) is 4.90 Å². The molecule has 2 aromatic carbocycles. The Bertz CT molecular complexity index is 964. The van der Waals surface area contributed by atoms with Gasteiger partial charge in [0, 0.05) is 23.6 Å². The third kappa shape index (κ3) is 4.48. The number of rotatable bonds is 4. The third-order valence-electron chi connectivity index (χ3n) is 4.18. The van der Waals surface area contributed by atoms with Crippen LogP contribution in [-0.2, 0) is 21.4 Å². The second kappa shape index (κ2) is 7.58. The molecule has 0 saturated heterocycles. The van der Waals surface area contributed by atoms with E-state index in [1.54, 1.807) is 31.3 Å². The minimum Gasteiger partial charge on any atom is -0.476 e. The number of anilines is 1. The van der Waals surface area contributed by atoms with Crippen molar-refractivity contribution in [3.63, 3.8) is 0 Å². The van der Waals surface area contributed by atoms with Crippen molar-refractivity contribution in [2.24, 2.45) is 0 Å². The number of hydrogen-bond donors (Lipinski definition) is 0. The molecule has 0 fully saturated rings. The first-order chi connectivity index (χ1) is 12.6. The number of carbonyl (C=O) groups excluding carboxylic acids is 1. The molecule has 9 heteroatoms. The molecule has 0 bridgehead atoms. The first kappa shape index (κ1) is 19.8. The van der Waals surface area contributed by atoms with Gasteiger partial charge in [-0.3, -0.25) is 9.10 Å². The molecule has 0 aliphatic carbocycles. The molecule has 144 valence electrons. The van der Waals surface area contributed by atoms with Gasteiger partial charge in [-0.1, -0.05) is 35.3 Å². The monoisotopic (exact) mass is 428 g/mol. The predicted molar refractivity (Wildman–Crippen MR) is 106 cm³/mol. The van der Waals surface area contributed by atoms with Gasteiger partial charge in [-0.25, -0.2) is 8.42 Å². The van der Waals surface area contributed by atoms with Crippen LogP contribution in [-0.4, -0.2) is 45.2 Å². The van der Waals surface area contributed by atoms with Crippen LogP contribution in [0.1, 0.15) is 5.56 Å². The first-order valence-corrected chi connectivity index (χ1v) is 10.7. The highest BCUT2D eigenvalue weighted by Gasteiger charge is 2.36. The fraction of sp³-hybridized carbons (Fsp3) is 0.278. The molecule has 1 aliphatic rings. The fourth-order valence-electron chi connectivity index (χ4n) is 2.85. The maximum absolute atomic E-state index is 12.8. The highest BCUT2D eigenvalue weighted by atomic mass is 35.5. The summed E-state index contributed by atoms with van der Waals surface area (Å²) >= 11 is 11.9. The van der Waals surface area contributed by atoms with Crippen LogP contribution in [0, 0.1) is 0 Å². The zero-order chi connectivity index (χ0) is 19.8. The quantitative estimate of drug-likeness (QED) is 0.749. The lowest BCUT2D eigenvalue weighted by atomic mass is 10.2. The lowest BCUT2D eigenvalue weighted by Crippen LogP contribution is -2.50. The lowest BCUT2D eigenvalue weighted by molar-refractivity contribution is -0.137. The van der Waals surface area contributed by atoms with Gasteiger partial charge in [0.25, 0.3) is 5.91 Å². The van der Waals surface area contributed by atoms with Crippen LogP contribution in [0.5, 0.6) is 5.75 Å². The van der Waals surface area contributed by atoms with Crippen molar-refractivity contribution in [2.75, 3.05) is 24.2 Å². The molecule has 2 aromatic rings. The van der Waals surface area contributed by atoms with Gasteiger partial charge in [0.2, 0.25) is 10.0 Å². The molecule has 0 unspecified atom stereocenters. The molecule has 0 radical (unpaired) electrons. The van der Waals surface area contributed by atoms with Gasteiger partial charge in [-0.2, -0.15) is 0 Å². The van der Waals surface area contributed by atoms with E-state index in [1.165, 1.54) is 11.0 Å². The minimum absolute atomic E-state index is 0.115. The van der Waals surface area contributed by atoms with E-state index in [1.807, 2.05) is 12.1 Å².